The van der Waals surface area contributed by atoms with Crippen LogP contribution in [0.5, 0.6) is 0 Å². The molecular weight excluding hydrogens is 218 g/mol. The molecule has 0 aromatic heterocycles. The Balaban J connectivity index is 2.33. The van der Waals surface area contributed by atoms with Crippen molar-refractivity contribution < 1.29 is 14.3 Å². The van der Waals surface area contributed by atoms with E-state index in [4.69, 9.17) is 4.74 Å². The van der Waals surface area contributed by atoms with Crippen molar-refractivity contribution in [2.75, 3.05) is 13.2 Å². The van der Waals surface area contributed by atoms with Crippen LogP contribution in [0.1, 0.15) is 33.1 Å². The van der Waals surface area contributed by atoms with Gasteiger partial charge in [0.25, 0.3) is 0 Å². The Morgan fingerprint density at radius 1 is 1.59 bits per heavy atom. The second-order valence-electron chi connectivity index (χ2n) is 4.81. The average Bonchev–Trinajstić information content (AvgIpc) is 2.48. The van der Waals surface area contributed by atoms with Gasteiger partial charge in [-0.2, -0.15) is 0 Å². The van der Waals surface area contributed by atoms with Gasteiger partial charge in [-0.05, 0) is 26.2 Å². The molecule has 1 unspecified atom stereocenters. The van der Waals surface area contributed by atoms with E-state index in [1.165, 1.54) is 0 Å². The second-order valence-corrected chi connectivity index (χ2v) is 4.81. The SMILES string of the molecule is CCOC(=O)[C@@]12CC=CCCN1C(=O)C(C)C2. The molecule has 94 valence electrons. The van der Waals surface area contributed by atoms with Gasteiger partial charge < -0.3 is 9.64 Å². The molecule has 2 heterocycles. The molecule has 1 saturated heterocycles. The van der Waals surface area contributed by atoms with E-state index in [0.717, 1.165) is 6.42 Å². The van der Waals surface area contributed by atoms with E-state index in [0.29, 0.717) is 26.0 Å². The van der Waals surface area contributed by atoms with Gasteiger partial charge in [-0.1, -0.05) is 19.1 Å². The first-order chi connectivity index (χ1) is 8.12. The molecule has 0 aromatic carbocycles. The van der Waals surface area contributed by atoms with Crippen molar-refractivity contribution in [2.24, 2.45) is 5.92 Å². The molecule has 1 amide bonds. The summed E-state index contributed by atoms with van der Waals surface area (Å²) in [7, 11) is 0. The highest BCUT2D eigenvalue weighted by atomic mass is 16.5. The lowest BCUT2D eigenvalue weighted by Crippen LogP contribution is -2.52. The largest absolute Gasteiger partial charge is 0.464 e. The van der Waals surface area contributed by atoms with Crippen LogP contribution in [-0.4, -0.2) is 35.5 Å². The molecule has 4 nitrogen and oxygen atoms in total. The van der Waals surface area contributed by atoms with Gasteiger partial charge >= 0.3 is 5.97 Å². The number of carbonyl (C=O) groups is 2. The highest BCUT2D eigenvalue weighted by Gasteiger charge is 2.54. The van der Waals surface area contributed by atoms with Crippen LogP contribution >= 0.6 is 0 Å². The number of ether oxygens (including phenoxy) is 1. The fourth-order valence-corrected chi connectivity index (χ4v) is 2.84. The summed E-state index contributed by atoms with van der Waals surface area (Å²) in [6.07, 6.45) is 6.02. The molecule has 2 rings (SSSR count). The molecule has 4 heteroatoms. The fraction of sp³-hybridized carbons (Fsp3) is 0.692. The lowest BCUT2D eigenvalue weighted by molar-refractivity contribution is -0.159. The van der Waals surface area contributed by atoms with E-state index in [1.54, 1.807) is 11.8 Å². The van der Waals surface area contributed by atoms with Crippen molar-refractivity contribution in [3.63, 3.8) is 0 Å². The predicted molar refractivity (Wildman–Crippen MR) is 63.2 cm³/mol. The van der Waals surface area contributed by atoms with E-state index in [1.807, 2.05) is 19.1 Å². The number of nitrogens with zero attached hydrogens (tertiary/aromatic N) is 1. The van der Waals surface area contributed by atoms with Crippen molar-refractivity contribution in [1.82, 2.24) is 4.90 Å². The molecule has 0 aliphatic carbocycles. The maximum absolute atomic E-state index is 12.2. The minimum Gasteiger partial charge on any atom is -0.464 e. The zero-order chi connectivity index (χ0) is 12.5. The molecule has 0 spiro atoms. The van der Waals surface area contributed by atoms with Gasteiger partial charge in [0.1, 0.15) is 5.54 Å². The van der Waals surface area contributed by atoms with E-state index in [-0.39, 0.29) is 17.8 Å². The van der Waals surface area contributed by atoms with Crippen LogP contribution in [-0.2, 0) is 14.3 Å². The summed E-state index contributed by atoms with van der Waals surface area (Å²) in [5, 5.41) is 0. The number of hydrogen-bond acceptors (Lipinski definition) is 3. The molecule has 0 aromatic rings. The van der Waals surface area contributed by atoms with Gasteiger partial charge in [-0.25, -0.2) is 4.79 Å². The van der Waals surface area contributed by atoms with Gasteiger partial charge in [-0.3, -0.25) is 4.79 Å². The maximum atomic E-state index is 12.2. The third-order valence-electron chi connectivity index (χ3n) is 3.65. The molecule has 2 aliphatic heterocycles. The Hall–Kier alpha value is -1.32. The first-order valence-corrected chi connectivity index (χ1v) is 6.25. The van der Waals surface area contributed by atoms with E-state index in [9.17, 15) is 9.59 Å². The molecule has 2 aliphatic rings. The molecule has 0 N–H and O–H groups in total. The average molecular weight is 237 g/mol. The molecule has 2 atom stereocenters. The van der Waals surface area contributed by atoms with Gasteiger partial charge in [0, 0.05) is 12.5 Å². The monoisotopic (exact) mass is 237 g/mol. The highest BCUT2D eigenvalue weighted by Crippen LogP contribution is 2.39. The van der Waals surface area contributed by atoms with Gasteiger partial charge in [0.15, 0.2) is 0 Å². The predicted octanol–water partition coefficient (Wildman–Crippen LogP) is 1.51. The van der Waals surface area contributed by atoms with Crippen LogP contribution in [0, 0.1) is 5.92 Å². The first-order valence-electron chi connectivity index (χ1n) is 6.25. The Morgan fingerprint density at radius 3 is 3.06 bits per heavy atom. The highest BCUT2D eigenvalue weighted by molar-refractivity contribution is 5.93. The summed E-state index contributed by atoms with van der Waals surface area (Å²) in [6.45, 7) is 4.67. The summed E-state index contributed by atoms with van der Waals surface area (Å²) in [4.78, 5) is 26.0. The van der Waals surface area contributed by atoms with Crippen molar-refractivity contribution in [2.45, 2.75) is 38.6 Å². The van der Waals surface area contributed by atoms with Gasteiger partial charge in [0.2, 0.25) is 5.91 Å². The lowest BCUT2D eigenvalue weighted by Gasteiger charge is -2.34. The van der Waals surface area contributed by atoms with Crippen LogP contribution in [0.3, 0.4) is 0 Å². The van der Waals surface area contributed by atoms with Crippen molar-refractivity contribution in [1.29, 1.82) is 0 Å². The van der Waals surface area contributed by atoms with Crippen molar-refractivity contribution >= 4 is 11.9 Å². The van der Waals surface area contributed by atoms with E-state index < -0.39 is 5.54 Å². The summed E-state index contributed by atoms with van der Waals surface area (Å²) >= 11 is 0. The fourth-order valence-electron chi connectivity index (χ4n) is 2.84. The summed E-state index contributed by atoms with van der Waals surface area (Å²) in [6, 6.07) is 0. The quantitative estimate of drug-likeness (QED) is 0.540. The molecule has 17 heavy (non-hydrogen) atoms. The minimum atomic E-state index is -0.737. The third kappa shape index (κ3) is 1.85. The van der Waals surface area contributed by atoms with Gasteiger partial charge in [0.05, 0.1) is 6.61 Å². The van der Waals surface area contributed by atoms with E-state index >= 15 is 0 Å². The molecule has 0 radical (unpaired) electrons. The number of esters is 1. The van der Waals surface area contributed by atoms with Crippen LogP contribution in [0.15, 0.2) is 12.2 Å². The second kappa shape index (κ2) is 4.51. The van der Waals surface area contributed by atoms with Crippen LogP contribution in [0.25, 0.3) is 0 Å². The summed E-state index contributed by atoms with van der Waals surface area (Å²) in [5.74, 6) is -0.239. The normalized spacial score (nSPS) is 32.2. The first kappa shape index (κ1) is 12.1. The van der Waals surface area contributed by atoms with Crippen LogP contribution in [0.2, 0.25) is 0 Å². The molecular formula is C13H19NO3. The number of amides is 1. The maximum Gasteiger partial charge on any atom is 0.332 e. The topological polar surface area (TPSA) is 46.6 Å². The molecule has 1 fully saturated rings. The summed E-state index contributed by atoms with van der Waals surface area (Å²) < 4.78 is 5.17. The van der Waals surface area contributed by atoms with E-state index in [2.05, 4.69) is 0 Å². The standard InChI is InChI=1S/C13H19NO3/c1-3-17-12(16)13-7-5-4-6-8-14(13)11(15)10(2)9-13/h4-5,10H,3,6-9H2,1-2H3/t10?,13-/m0/s1. The lowest BCUT2D eigenvalue weighted by atomic mass is 9.89. The minimum absolute atomic E-state index is 0.0779. The van der Waals surface area contributed by atoms with Gasteiger partial charge in [-0.15, -0.1) is 0 Å². The Morgan fingerprint density at radius 2 is 2.35 bits per heavy atom. The number of fused-ring (bicyclic) bond motifs is 1. The Labute approximate surface area is 102 Å². The number of rotatable bonds is 2. The van der Waals surface area contributed by atoms with Crippen LogP contribution < -0.4 is 0 Å². The zero-order valence-corrected chi connectivity index (χ0v) is 10.4. The molecule has 0 bridgehead atoms. The zero-order valence-electron chi connectivity index (χ0n) is 10.4. The Kier molecular flexibility index (Phi) is 3.22. The number of carbonyl (C=O) groups excluding carboxylic acids is 2. The summed E-state index contributed by atoms with van der Waals surface area (Å²) in [5.41, 5.74) is -0.737. The Bertz CT molecular complexity index is 364. The third-order valence-corrected chi connectivity index (χ3v) is 3.65. The van der Waals surface area contributed by atoms with Crippen LogP contribution in [0.4, 0.5) is 0 Å². The number of hydrogen-bond donors (Lipinski definition) is 0. The van der Waals surface area contributed by atoms with Crippen molar-refractivity contribution in [3.8, 4) is 0 Å². The smallest absolute Gasteiger partial charge is 0.332 e. The van der Waals surface area contributed by atoms with Crippen molar-refractivity contribution in [3.05, 3.63) is 12.2 Å². The molecule has 0 saturated carbocycles.